The number of imide groups is 1. The molecule has 1 aromatic carbocycles. The van der Waals surface area contributed by atoms with Crippen molar-refractivity contribution in [2.75, 3.05) is 84.2 Å². The molecule has 0 saturated carbocycles. The first kappa shape index (κ1) is 41.7. The van der Waals surface area contributed by atoms with Crippen molar-refractivity contribution < 1.29 is 32.1 Å². The lowest BCUT2D eigenvalue weighted by Gasteiger charge is -2.49. The highest BCUT2D eigenvalue weighted by molar-refractivity contribution is 6.00. The van der Waals surface area contributed by atoms with Crippen LogP contribution in [0.3, 0.4) is 0 Å². The lowest BCUT2D eigenvalue weighted by Crippen LogP contribution is -2.64. The highest BCUT2D eigenvalue weighted by atomic mass is 19.1. The molecule has 2 amide bonds. The Kier molecular flexibility index (Phi) is 12.1. The minimum absolute atomic E-state index is 0. The molecule has 0 radical (unpaired) electrons. The van der Waals surface area contributed by atoms with Crippen LogP contribution in [0.25, 0.3) is 0 Å². The van der Waals surface area contributed by atoms with E-state index in [4.69, 9.17) is 9.47 Å². The summed E-state index contributed by atoms with van der Waals surface area (Å²) in [5.74, 6) is 0.862. The Hall–Kier alpha value is -4.63. The van der Waals surface area contributed by atoms with Gasteiger partial charge in [0.25, 0.3) is 0 Å². The molecule has 3 saturated heterocycles. The van der Waals surface area contributed by atoms with Gasteiger partial charge in [-0.15, -0.1) is 0 Å². The number of fused-ring (bicyclic) bond motifs is 1. The molecule has 9 rings (SSSR count). The number of likely N-dealkylation sites (tertiary alicyclic amines) is 1. The number of amides is 2. The van der Waals surface area contributed by atoms with Gasteiger partial charge in [-0.25, -0.2) is 13.8 Å². The van der Waals surface area contributed by atoms with E-state index < -0.39 is 11.6 Å². The van der Waals surface area contributed by atoms with Crippen LogP contribution >= 0.6 is 0 Å². The number of piperazine rings is 1. The van der Waals surface area contributed by atoms with Gasteiger partial charge in [-0.1, -0.05) is 24.6 Å². The Morgan fingerprint density at radius 1 is 1.07 bits per heavy atom. The summed E-state index contributed by atoms with van der Waals surface area (Å²) in [5, 5.41) is 9.32. The van der Waals surface area contributed by atoms with Gasteiger partial charge in [-0.3, -0.25) is 29.6 Å². The van der Waals surface area contributed by atoms with E-state index in [1.165, 1.54) is 22.4 Å². The van der Waals surface area contributed by atoms with E-state index in [-0.39, 0.29) is 28.3 Å². The number of rotatable bonds is 12. The van der Waals surface area contributed by atoms with Crippen molar-refractivity contribution in [3.8, 4) is 0 Å². The monoisotopic (exact) mass is 845 g/mol. The van der Waals surface area contributed by atoms with Crippen LogP contribution < -0.4 is 16.0 Å². The average Bonchev–Trinajstić information content (AvgIpc) is 3.23. The van der Waals surface area contributed by atoms with Crippen LogP contribution in [0, 0.1) is 17.7 Å². The van der Waals surface area contributed by atoms with Crippen molar-refractivity contribution in [3.63, 3.8) is 0 Å². The standard InChI is InChI=1S/C47H60F2N8O4.3H2/c1-30-8-11-47(49,23-39(30)38-6-7-43(58)53-46(38)59)28-55-26-37(27-55)56-16-14-54(15-17-56)29-60-18-10-33-4-5-36(22-40(33)48)52-42-21-35-25-57(13-9-34(35)24-51-42)45-31(2)20-41-44(32(45)3)50-12-19-61-41;;;/h4-5,8,21-24,31,37-38,50H,6-7,9-20,25-29H2,1-3H3,(H,51,52)(H,53,58,59);3*1H. The van der Waals surface area contributed by atoms with Crippen LogP contribution in [-0.4, -0.2) is 127 Å². The SMILES string of the molecule is CC1=CCC(F)(CN2CC(N3CCN(COCCc4ccc(Nc5cc6c(cn5)CCN(C5=C(C)C7=C(CC5C)OCCN7)C6)cc4F)CC3)C2)C=C1C1CCC(=O)NC1=O.[HH].[HH].[HH]. The average molecular weight is 845 g/mol. The van der Waals surface area contributed by atoms with E-state index >= 15 is 8.78 Å². The maximum atomic E-state index is 16.1. The molecule has 2 aromatic rings. The van der Waals surface area contributed by atoms with Gasteiger partial charge < -0.3 is 25.0 Å². The Balaban J connectivity index is 0.00000227. The van der Waals surface area contributed by atoms with Gasteiger partial charge in [0.2, 0.25) is 11.8 Å². The first-order valence-electron chi connectivity index (χ1n) is 22.3. The zero-order valence-corrected chi connectivity index (χ0v) is 35.8. The summed E-state index contributed by atoms with van der Waals surface area (Å²) in [6.45, 7) is 16.2. The van der Waals surface area contributed by atoms with Crippen LogP contribution in [0.1, 0.15) is 67.4 Å². The number of nitrogens with zero attached hydrogens (tertiary/aromatic N) is 5. The summed E-state index contributed by atoms with van der Waals surface area (Å²) in [6.07, 6.45) is 8.86. The van der Waals surface area contributed by atoms with Gasteiger partial charge in [0.05, 0.1) is 25.0 Å². The lowest BCUT2D eigenvalue weighted by atomic mass is 9.79. The Bertz CT molecular complexity index is 2180. The first-order valence-corrected chi connectivity index (χ1v) is 22.3. The molecule has 3 unspecified atom stereocenters. The number of nitrogens with one attached hydrogen (secondary N) is 3. The van der Waals surface area contributed by atoms with Gasteiger partial charge in [0.1, 0.15) is 29.7 Å². The van der Waals surface area contributed by atoms with E-state index in [0.29, 0.717) is 68.2 Å². The molecule has 5 aliphatic heterocycles. The molecule has 0 spiro atoms. The number of aromatic nitrogens is 1. The van der Waals surface area contributed by atoms with Gasteiger partial charge in [-0.05, 0) is 85.2 Å². The molecule has 14 heteroatoms. The Morgan fingerprint density at radius 3 is 2.70 bits per heavy atom. The minimum atomic E-state index is -1.53. The molecule has 3 atom stereocenters. The molecule has 1 aromatic heterocycles. The quantitative estimate of drug-likeness (QED) is 0.171. The van der Waals surface area contributed by atoms with Gasteiger partial charge in [0, 0.05) is 119 Å². The van der Waals surface area contributed by atoms with Crippen molar-refractivity contribution in [3.05, 3.63) is 99.0 Å². The zero-order valence-electron chi connectivity index (χ0n) is 35.8. The maximum Gasteiger partial charge on any atom is 0.234 e. The van der Waals surface area contributed by atoms with Crippen LogP contribution in [0.2, 0.25) is 0 Å². The Labute approximate surface area is 362 Å². The number of alkyl halides is 1. The molecule has 332 valence electrons. The highest BCUT2D eigenvalue weighted by Crippen LogP contribution is 2.40. The zero-order chi connectivity index (χ0) is 42.3. The second-order valence-electron chi connectivity index (χ2n) is 18.1. The van der Waals surface area contributed by atoms with E-state index in [0.717, 1.165) is 101 Å². The number of pyridine rings is 1. The van der Waals surface area contributed by atoms with Gasteiger partial charge in [-0.2, -0.15) is 0 Å². The number of carbonyl (C=O) groups excluding carboxylic acids is 2. The predicted molar refractivity (Wildman–Crippen MR) is 236 cm³/mol. The van der Waals surface area contributed by atoms with Crippen LogP contribution in [0.4, 0.5) is 20.3 Å². The number of allylic oxidation sites excluding steroid dienone is 5. The highest BCUT2D eigenvalue weighted by Gasteiger charge is 2.42. The molecule has 7 aliphatic rings. The number of hydrogen-bond donors (Lipinski definition) is 3. The molecule has 61 heavy (non-hydrogen) atoms. The fourth-order valence-corrected chi connectivity index (χ4v) is 10.4. The van der Waals surface area contributed by atoms with Crippen molar-refractivity contribution in [1.29, 1.82) is 0 Å². The molecule has 12 nitrogen and oxygen atoms in total. The number of anilines is 2. The first-order chi connectivity index (χ1) is 29.5. The van der Waals surface area contributed by atoms with E-state index in [9.17, 15) is 9.59 Å². The van der Waals surface area contributed by atoms with E-state index in [1.54, 1.807) is 12.1 Å². The second-order valence-corrected chi connectivity index (χ2v) is 18.1. The number of piperidine rings is 1. The summed E-state index contributed by atoms with van der Waals surface area (Å²) in [4.78, 5) is 38.3. The van der Waals surface area contributed by atoms with Crippen molar-refractivity contribution >= 4 is 23.3 Å². The fraction of sp³-hybridized carbons (Fsp3) is 0.553. The maximum absolute atomic E-state index is 16.1. The molecule has 0 bridgehead atoms. The smallest absolute Gasteiger partial charge is 0.234 e. The van der Waals surface area contributed by atoms with Crippen LogP contribution in [0.5, 0.6) is 0 Å². The molecule has 3 N–H and O–H groups in total. The summed E-state index contributed by atoms with van der Waals surface area (Å²) < 4.78 is 43.5. The largest absolute Gasteiger partial charge is 0.494 e. The topological polar surface area (TPSA) is 115 Å². The van der Waals surface area contributed by atoms with Crippen molar-refractivity contribution in [2.24, 2.45) is 11.8 Å². The second kappa shape index (κ2) is 17.6. The molecule has 3 fully saturated rings. The summed E-state index contributed by atoms with van der Waals surface area (Å²) in [6, 6.07) is 7.79. The normalized spacial score (nSPS) is 26.7. The predicted octanol–water partition coefficient (Wildman–Crippen LogP) is 6.06. The Morgan fingerprint density at radius 2 is 1.90 bits per heavy atom. The third kappa shape index (κ3) is 9.14. The number of halogens is 2. The number of ether oxygens (including phenoxy) is 2. The molecular formula is C47H66F2N8O4. The third-order valence-corrected chi connectivity index (χ3v) is 13.8. The summed E-state index contributed by atoms with van der Waals surface area (Å²) in [7, 11) is 0. The number of hydrogen-bond acceptors (Lipinski definition) is 11. The van der Waals surface area contributed by atoms with E-state index in [2.05, 4.69) is 60.4 Å². The molecular weight excluding hydrogens is 779 g/mol. The molecule has 6 heterocycles. The summed E-state index contributed by atoms with van der Waals surface area (Å²) >= 11 is 0. The molecule has 2 aliphatic carbocycles. The minimum Gasteiger partial charge on any atom is -0.494 e. The number of carbonyl (C=O) groups is 2. The number of benzene rings is 1. The van der Waals surface area contributed by atoms with Crippen LogP contribution in [0.15, 0.2) is 76.5 Å². The fourth-order valence-electron chi connectivity index (χ4n) is 10.4. The van der Waals surface area contributed by atoms with Crippen molar-refractivity contribution in [1.82, 2.24) is 35.2 Å². The lowest BCUT2D eigenvalue weighted by molar-refractivity contribution is -0.135. The van der Waals surface area contributed by atoms with Crippen molar-refractivity contribution in [2.45, 2.75) is 77.6 Å². The van der Waals surface area contributed by atoms with Gasteiger partial charge in [0.15, 0.2) is 0 Å². The summed E-state index contributed by atoms with van der Waals surface area (Å²) in [5.41, 5.74) is 7.74. The van der Waals surface area contributed by atoms with E-state index in [1.807, 2.05) is 31.3 Å². The third-order valence-electron chi connectivity index (χ3n) is 13.8. The van der Waals surface area contributed by atoms with Crippen LogP contribution in [-0.2, 0) is 38.4 Å². The van der Waals surface area contributed by atoms with Gasteiger partial charge >= 0.3 is 0 Å².